The first-order valence-corrected chi connectivity index (χ1v) is 7.92. The second-order valence-corrected chi connectivity index (χ2v) is 6.23. The molecule has 0 atom stereocenters. The van der Waals surface area contributed by atoms with Gasteiger partial charge in [-0.3, -0.25) is 0 Å². The number of nitrogens with zero attached hydrogens (tertiary/aromatic N) is 2. The van der Waals surface area contributed by atoms with Gasteiger partial charge in [0.15, 0.2) is 0 Å². The van der Waals surface area contributed by atoms with E-state index < -0.39 is 0 Å². The fourth-order valence-electron chi connectivity index (χ4n) is 1.60. The molecule has 5 heteroatoms. The van der Waals surface area contributed by atoms with E-state index in [0.29, 0.717) is 6.04 Å². The predicted octanol–water partition coefficient (Wildman–Crippen LogP) is 3.92. The highest BCUT2D eigenvalue weighted by Crippen LogP contribution is 2.22. The number of hydrogen-bond donors (Lipinski definition) is 1. The van der Waals surface area contributed by atoms with Crippen molar-refractivity contribution in [3.05, 3.63) is 53.1 Å². The molecule has 0 aliphatic carbocycles. The molecule has 0 aliphatic rings. The molecule has 2 rings (SSSR count). The van der Waals surface area contributed by atoms with Gasteiger partial charge in [0.25, 0.3) is 0 Å². The lowest BCUT2D eigenvalue weighted by molar-refractivity contribution is 0.579. The Balaban J connectivity index is 1.92. The molecule has 20 heavy (non-hydrogen) atoms. The Morgan fingerprint density at radius 1 is 1.20 bits per heavy atom. The Morgan fingerprint density at radius 2 is 1.95 bits per heavy atom. The second-order valence-electron chi connectivity index (χ2n) is 4.74. The molecule has 1 N–H and O–H groups in total. The van der Waals surface area contributed by atoms with Crippen molar-refractivity contribution in [2.75, 3.05) is 0 Å². The van der Waals surface area contributed by atoms with Crippen molar-refractivity contribution in [3.63, 3.8) is 0 Å². The summed E-state index contributed by atoms with van der Waals surface area (Å²) in [4.78, 5) is 10.0. The number of thioether (sulfide) groups is 1. The molecule has 0 aliphatic heterocycles. The van der Waals surface area contributed by atoms with Crippen LogP contribution in [0, 0.1) is 0 Å². The number of aromatic nitrogens is 2. The quantitative estimate of drug-likeness (QED) is 0.821. The summed E-state index contributed by atoms with van der Waals surface area (Å²) in [6, 6.07) is 10.2. The van der Waals surface area contributed by atoms with E-state index >= 15 is 0 Å². The van der Waals surface area contributed by atoms with Crippen LogP contribution < -0.4 is 5.32 Å². The van der Waals surface area contributed by atoms with Crippen molar-refractivity contribution < 1.29 is 0 Å². The number of hydrogen-bond acceptors (Lipinski definition) is 4. The standard InChI is InChI=1S/C15H18ClN3S/c1-11(2)18-9-13-7-8-17-15(19-13)10-20-14-5-3-12(16)4-6-14/h3-8,11,18H,9-10H2,1-2H3. The van der Waals surface area contributed by atoms with Crippen molar-refractivity contribution >= 4 is 23.4 Å². The van der Waals surface area contributed by atoms with Crippen LogP contribution in [0.25, 0.3) is 0 Å². The minimum atomic E-state index is 0.455. The molecule has 0 saturated heterocycles. The lowest BCUT2D eigenvalue weighted by Gasteiger charge is -2.08. The van der Waals surface area contributed by atoms with Gasteiger partial charge in [-0.25, -0.2) is 9.97 Å². The van der Waals surface area contributed by atoms with Crippen LogP contribution in [0.5, 0.6) is 0 Å². The minimum Gasteiger partial charge on any atom is -0.309 e. The first-order chi connectivity index (χ1) is 9.63. The predicted molar refractivity (Wildman–Crippen MR) is 85.0 cm³/mol. The van der Waals surface area contributed by atoms with E-state index in [4.69, 9.17) is 11.6 Å². The molecule has 1 heterocycles. The van der Waals surface area contributed by atoms with Gasteiger partial charge in [-0.05, 0) is 30.3 Å². The first kappa shape index (κ1) is 15.3. The highest BCUT2D eigenvalue weighted by atomic mass is 35.5. The molecule has 0 fully saturated rings. The van der Waals surface area contributed by atoms with Gasteiger partial charge in [-0.2, -0.15) is 0 Å². The monoisotopic (exact) mass is 307 g/mol. The number of halogens is 1. The molecule has 0 bridgehead atoms. The molecule has 1 aromatic carbocycles. The van der Waals surface area contributed by atoms with Crippen molar-refractivity contribution in [2.24, 2.45) is 0 Å². The smallest absolute Gasteiger partial charge is 0.138 e. The van der Waals surface area contributed by atoms with E-state index in [1.165, 1.54) is 4.90 Å². The summed E-state index contributed by atoms with van der Waals surface area (Å²) in [7, 11) is 0. The fraction of sp³-hybridized carbons (Fsp3) is 0.333. The van der Waals surface area contributed by atoms with Crippen LogP contribution in [0.15, 0.2) is 41.4 Å². The summed E-state index contributed by atoms with van der Waals surface area (Å²) in [6.07, 6.45) is 1.82. The summed E-state index contributed by atoms with van der Waals surface area (Å²) < 4.78 is 0. The summed E-state index contributed by atoms with van der Waals surface area (Å²) in [6.45, 7) is 5.02. The molecule has 2 aromatic rings. The van der Waals surface area contributed by atoms with Crippen LogP contribution in [0.2, 0.25) is 5.02 Å². The maximum absolute atomic E-state index is 5.87. The Bertz CT molecular complexity index is 543. The van der Waals surface area contributed by atoms with Crippen molar-refractivity contribution in [2.45, 2.75) is 37.1 Å². The third kappa shape index (κ3) is 5.12. The van der Waals surface area contributed by atoms with E-state index in [-0.39, 0.29) is 0 Å². The summed E-state index contributed by atoms with van der Waals surface area (Å²) in [5.74, 6) is 1.62. The first-order valence-electron chi connectivity index (χ1n) is 6.56. The van der Waals surface area contributed by atoms with E-state index in [1.54, 1.807) is 11.8 Å². The van der Waals surface area contributed by atoms with Crippen LogP contribution in [0.1, 0.15) is 25.4 Å². The Morgan fingerprint density at radius 3 is 2.65 bits per heavy atom. The van der Waals surface area contributed by atoms with Gasteiger partial charge in [0, 0.05) is 28.7 Å². The second kappa shape index (κ2) is 7.62. The molecule has 0 saturated carbocycles. The fourth-order valence-corrected chi connectivity index (χ4v) is 2.49. The lowest BCUT2D eigenvalue weighted by Crippen LogP contribution is -2.22. The van der Waals surface area contributed by atoms with Crippen molar-refractivity contribution in [3.8, 4) is 0 Å². The normalized spacial score (nSPS) is 11.0. The van der Waals surface area contributed by atoms with Gasteiger partial charge >= 0.3 is 0 Å². The highest BCUT2D eigenvalue weighted by molar-refractivity contribution is 7.98. The zero-order valence-electron chi connectivity index (χ0n) is 11.6. The molecule has 106 valence electrons. The Kier molecular flexibility index (Phi) is 5.83. The number of rotatable bonds is 6. The molecular weight excluding hydrogens is 290 g/mol. The number of nitrogens with one attached hydrogen (secondary N) is 1. The van der Waals surface area contributed by atoms with E-state index in [0.717, 1.165) is 28.8 Å². The van der Waals surface area contributed by atoms with Gasteiger partial charge in [0.05, 0.1) is 11.4 Å². The zero-order chi connectivity index (χ0) is 14.4. The van der Waals surface area contributed by atoms with Gasteiger partial charge in [-0.15, -0.1) is 11.8 Å². The van der Waals surface area contributed by atoms with Gasteiger partial charge in [-0.1, -0.05) is 25.4 Å². The maximum atomic E-state index is 5.87. The van der Waals surface area contributed by atoms with Crippen LogP contribution in [-0.2, 0) is 12.3 Å². The van der Waals surface area contributed by atoms with E-state index in [2.05, 4.69) is 29.1 Å². The molecule has 0 unspecified atom stereocenters. The average molecular weight is 308 g/mol. The van der Waals surface area contributed by atoms with Crippen molar-refractivity contribution in [1.29, 1.82) is 0 Å². The average Bonchev–Trinajstić information content (AvgIpc) is 2.45. The molecule has 0 radical (unpaired) electrons. The van der Waals surface area contributed by atoms with Crippen LogP contribution in [0.3, 0.4) is 0 Å². The Hall–Kier alpha value is -1.10. The Labute approximate surface area is 129 Å². The van der Waals surface area contributed by atoms with Crippen molar-refractivity contribution in [1.82, 2.24) is 15.3 Å². The van der Waals surface area contributed by atoms with E-state index in [1.807, 2.05) is 36.5 Å². The SMILES string of the molecule is CC(C)NCc1ccnc(CSc2ccc(Cl)cc2)n1. The third-order valence-corrected chi connectivity index (χ3v) is 3.90. The maximum Gasteiger partial charge on any atom is 0.138 e. The van der Waals surface area contributed by atoms with Gasteiger partial charge in [0.1, 0.15) is 5.82 Å². The summed E-state index contributed by atoms with van der Waals surface area (Å²) in [5.41, 5.74) is 1.03. The van der Waals surface area contributed by atoms with Gasteiger partial charge < -0.3 is 5.32 Å². The molecule has 0 spiro atoms. The number of benzene rings is 1. The van der Waals surface area contributed by atoms with Gasteiger partial charge in [0.2, 0.25) is 0 Å². The van der Waals surface area contributed by atoms with Crippen LogP contribution >= 0.6 is 23.4 Å². The molecular formula is C15H18ClN3S. The largest absolute Gasteiger partial charge is 0.309 e. The lowest BCUT2D eigenvalue weighted by atomic mass is 10.3. The van der Waals surface area contributed by atoms with Crippen LogP contribution in [-0.4, -0.2) is 16.0 Å². The summed E-state index contributed by atoms with van der Waals surface area (Å²) >= 11 is 7.58. The van der Waals surface area contributed by atoms with Crippen LogP contribution in [0.4, 0.5) is 0 Å². The molecule has 3 nitrogen and oxygen atoms in total. The third-order valence-electron chi connectivity index (χ3n) is 2.64. The minimum absolute atomic E-state index is 0.455. The molecule has 1 aromatic heterocycles. The summed E-state index contributed by atoms with van der Waals surface area (Å²) in [5, 5.41) is 4.11. The topological polar surface area (TPSA) is 37.8 Å². The zero-order valence-corrected chi connectivity index (χ0v) is 13.2. The highest BCUT2D eigenvalue weighted by Gasteiger charge is 2.02. The molecule has 0 amide bonds. The van der Waals surface area contributed by atoms with E-state index in [9.17, 15) is 0 Å².